The van der Waals surface area contributed by atoms with Crippen molar-refractivity contribution in [3.8, 4) is 0 Å². The van der Waals surface area contributed by atoms with Crippen molar-refractivity contribution in [2.45, 2.75) is 17.9 Å². The first-order valence-electron chi connectivity index (χ1n) is 8.40. The molecule has 132 valence electrons. The van der Waals surface area contributed by atoms with E-state index in [1.807, 2.05) is 30.3 Å². The Labute approximate surface area is 156 Å². The molecule has 5 nitrogen and oxygen atoms in total. The molecule has 4 rings (SSSR count). The zero-order valence-electron chi connectivity index (χ0n) is 14.5. The van der Waals surface area contributed by atoms with Gasteiger partial charge in [0, 0.05) is 31.8 Å². The van der Waals surface area contributed by atoms with E-state index in [1.165, 1.54) is 4.90 Å². The number of carbonyl (C=O) groups is 2. The summed E-state index contributed by atoms with van der Waals surface area (Å²) in [7, 11) is 3.35. The van der Waals surface area contributed by atoms with E-state index in [2.05, 4.69) is 4.98 Å². The van der Waals surface area contributed by atoms with Crippen molar-refractivity contribution in [1.29, 1.82) is 0 Å². The minimum absolute atomic E-state index is 0.0242. The van der Waals surface area contributed by atoms with E-state index in [1.54, 1.807) is 43.4 Å². The van der Waals surface area contributed by atoms with E-state index in [0.29, 0.717) is 22.8 Å². The highest BCUT2D eigenvalue weighted by atomic mass is 35.5. The van der Waals surface area contributed by atoms with Crippen molar-refractivity contribution >= 4 is 29.5 Å². The van der Waals surface area contributed by atoms with Crippen molar-refractivity contribution in [2.75, 3.05) is 14.1 Å². The minimum atomic E-state index is -0.788. The Morgan fingerprint density at radius 1 is 1.15 bits per heavy atom. The molecule has 1 aliphatic heterocycles. The van der Waals surface area contributed by atoms with Crippen LogP contribution in [0, 0.1) is 0 Å². The number of carbonyl (C=O) groups excluding carboxylic acids is 2. The van der Waals surface area contributed by atoms with Gasteiger partial charge in [0.05, 0.1) is 0 Å². The van der Waals surface area contributed by atoms with Gasteiger partial charge in [-0.15, -0.1) is 0 Å². The van der Waals surface area contributed by atoms with Gasteiger partial charge in [0.1, 0.15) is 16.4 Å². The number of rotatable bonds is 2. The van der Waals surface area contributed by atoms with Crippen LogP contribution in [0.25, 0.3) is 6.08 Å². The first-order chi connectivity index (χ1) is 12.5. The monoisotopic (exact) mass is 367 g/mol. The zero-order chi connectivity index (χ0) is 18.5. The zero-order valence-corrected chi connectivity index (χ0v) is 15.3. The van der Waals surface area contributed by atoms with Crippen LogP contribution in [0.3, 0.4) is 0 Å². The Morgan fingerprint density at radius 2 is 1.88 bits per heavy atom. The molecule has 1 aromatic carbocycles. The largest absolute Gasteiger partial charge is 0.325 e. The van der Waals surface area contributed by atoms with Gasteiger partial charge in [-0.25, -0.2) is 4.98 Å². The quantitative estimate of drug-likeness (QED) is 0.605. The van der Waals surface area contributed by atoms with Crippen molar-refractivity contribution in [1.82, 2.24) is 14.8 Å². The molecule has 6 heteroatoms. The lowest BCUT2D eigenvalue weighted by Crippen LogP contribution is -2.58. The highest BCUT2D eigenvalue weighted by molar-refractivity contribution is 6.31. The third-order valence-corrected chi connectivity index (χ3v) is 5.69. The summed E-state index contributed by atoms with van der Waals surface area (Å²) >= 11 is 6.10. The molecule has 2 amide bonds. The number of piperazine rings is 1. The highest BCUT2D eigenvalue weighted by Gasteiger charge is 2.68. The Morgan fingerprint density at radius 3 is 2.58 bits per heavy atom. The van der Waals surface area contributed by atoms with Crippen molar-refractivity contribution in [2.24, 2.45) is 0 Å². The van der Waals surface area contributed by atoms with Gasteiger partial charge in [-0.2, -0.15) is 0 Å². The van der Waals surface area contributed by atoms with Gasteiger partial charge in [0.15, 0.2) is 0 Å². The first kappa shape index (κ1) is 16.8. The van der Waals surface area contributed by atoms with Gasteiger partial charge in [0.2, 0.25) is 0 Å². The van der Waals surface area contributed by atoms with E-state index in [4.69, 9.17) is 11.6 Å². The van der Waals surface area contributed by atoms with Gasteiger partial charge in [0.25, 0.3) is 11.8 Å². The second-order valence-corrected chi connectivity index (χ2v) is 7.09. The average Bonchev–Trinajstić information content (AvgIpc) is 3.41. The molecular weight excluding hydrogens is 350 g/mol. The molecule has 0 N–H and O–H groups in total. The normalized spacial score (nSPS) is 26.7. The molecule has 2 aliphatic rings. The van der Waals surface area contributed by atoms with Gasteiger partial charge < -0.3 is 9.80 Å². The van der Waals surface area contributed by atoms with Crippen molar-refractivity contribution in [3.05, 3.63) is 70.6 Å². The van der Waals surface area contributed by atoms with Crippen LogP contribution in [0.4, 0.5) is 0 Å². The Hall–Kier alpha value is -2.66. The molecule has 1 saturated carbocycles. The summed E-state index contributed by atoms with van der Waals surface area (Å²) in [5.74, 6) is -0.235. The number of nitrogens with zero attached hydrogens (tertiary/aromatic N) is 3. The van der Waals surface area contributed by atoms with E-state index >= 15 is 0 Å². The molecule has 2 heterocycles. The molecular formula is C20H18ClN3O2. The minimum Gasteiger partial charge on any atom is -0.325 e. The smallest absolute Gasteiger partial charge is 0.271 e. The molecule has 1 saturated heterocycles. The van der Waals surface area contributed by atoms with Gasteiger partial charge in [-0.05, 0) is 24.1 Å². The third kappa shape index (κ3) is 2.35. The predicted molar refractivity (Wildman–Crippen MR) is 99.3 cm³/mol. The van der Waals surface area contributed by atoms with Crippen LogP contribution in [-0.4, -0.2) is 46.2 Å². The average molecular weight is 368 g/mol. The van der Waals surface area contributed by atoms with E-state index in [-0.39, 0.29) is 17.7 Å². The van der Waals surface area contributed by atoms with Crippen LogP contribution in [0.15, 0.2) is 54.4 Å². The lowest BCUT2D eigenvalue weighted by molar-refractivity contribution is -0.150. The van der Waals surface area contributed by atoms with Crippen molar-refractivity contribution < 1.29 is 9.59 Å². The number of hydrogen-bond acceptors (Lipinski definition) is 3. The van der Waals surface area contributed by atoms with E-state index < -0.39 is 5.54 Å². The van der Waals surface area contributed by atoms with Crippen LogP contribution in [0.5, 0.6) is 0 Å². The molecule has 1 spiro atoms. The molecule has 26 heavy (non-hydrogen) atoms. The lowest BCUT2D eigenvalue weighted by Gasteiger charge is -2.39. The van der Waals surface area contributed by atoms with Crippen LogP contribution in [0.2, 0.25) is 5.15 Å². The van der Waals surface area contributed by atoms with Crippen molar-refractivity contribution in [3.63, 3.8) is 0 Å². The maximum absolute atomic E-state index is 13.2. The maximum Gasteiger partial charge on any atom is 0.271 e. The number of pyridine rings is 1. The van der Waals surface area contributed by atoms with E-state index in [9.17, 15) is 9.59 Å². The van der Waals surface area contributed by atoms with Gasteiger partial charge in [-0.1, -0.05) is 48.0 Å². The second-order valence-electron chi connectivity index (χ2n) is 6.73. The summed E-state index contributed by atoms with van der Waals surface area (Å²) < 4.78 is 0. The summed E-state index contributed by atoms with van der Waals surface area (Å²) in [6.45, 7) is 0. The topological polar surface area (TPSA) is 53.5 Å². The standard InChI is InChI=1S/C20H18ClN3O2/c1-23-16(11-14-9-6-10-22-17(14)21)18(25)24(2)20(19(23)26)12-15(20)13-7-4-3-5-8-13/h3-11,15H,12H2,1-2H3/b16-11-. The fourth-order valence-electron chi connectivity index (χ4n) is 3.79. The Balaban J connectivity index is 1.71. The molecule has 2 aromatic rings. The lowest BCUT2D eigenvalue weighted by atomic mass is 10.00. The van der Waals surface area contributed by atoms with Gasteiger partial charge >= 0.3 is 0 Å². The third-order valence-electron chi connectivity index (χ3n) is 5.37. The fourth-order valence-corrected chi connectivity index (χ4v) is 3.96. The number of benzene rings is 1. The summed E-state index contributed by atoms with van der Waals surface area (Å²) in [5, 5.41) is 0.296. The molecule has 2 fully saturated rings. The molecule has 2 atom stereocenters. The van der Waals surface area contributed by atoms with Crippen LogP contribution in [0.1, 0.15) is 23.5 Å². The molecule has 1 aromatic heterocycles. The SMILES string of the molecule is CN1C(=O)C2(CC2c2ccccc2)N(C)C(=O)/C1=C/c1cccnc1Cl. The molecule has 2 unspecified atom stereocenters. The number of likely N-dealkylation sites (N-methyl/N-ethyl adjacent to an activating group) is 2. The second kappa shape index (κ2) is 5.95. The number of halogens is 1. The number of hydrogen-bond donors (Lipinski definition) is 0. The Bertz CT molecular complexity index is 928. The maximum atomic E-state index is 13.2. The van der Waals surface area contributed by atoms with Crippen LogP contribution < -0.4 is 0 Å². The summed E-state index contributed by atoms with van der Waals surface area (Å²) in [4.78, 5) is 33.3. The number of amides is 2. The molecule has 0 bridgehead atoms. The predicted octanol–water partition coefficient (Wildman–Crippen LogP) is 2.93. The fraction of sp³-hybridized carbons (Fsp3) is 0.250. The Kier molecular flexibility index (Phi) is 3.84. The summed E-state index contributed by atoms with van der Waals surface area (Å²) in [6.07, 6.45) is 3.85. The van der Waals surface area contributed by atoms with Crippen LogP contribution >= 0.6 is 11.6 Å². The molecule has 1 aliphatic carbocycles. The summed E-state index contributed by atoms with van der Waals surface area (Å²) in [5.41, 5.74) is 1.20. The van der Waals surface area contributed by atoms with Crippen LogP contribution in [-0.2, 0) is 9.59 Å². The molecule has 0 radical (unpaired) electrons. The van der Waals surface area contributed by atoms with E-state index in [0.717, 1.165) is 5.56 Å². The van der Waals surface area contributed by atoms with Gasteiger partial charge in [-0.3, -0.25) is 9.59 Å². The number of aromatic nitrogens is 1. The highest BCUT2D eigenvalue weighted by Crippen LogP contribution is 2.58. The first-order valence-corrected chi connectivity index (χ1v) is 8.78. The summed E-state index contributed by atoms with van der Waals surface area (Å²) in [6, 6.07) is 13.4.